The average molecular weight is 648 g/mol. The molecule has 0 amide bonds. The molecule has 0 N–H and O–H groups in total. The van der Waals surface area contributed by atoms with Gasteiger partial charge in [-0.15, -0.1) is 0 Å². The first-order chi connectivity index (χ1) is 24.7. The molecule has 0 aliphatic carbocycles. The molecule has 10 aromatic rings. The SMILES string of the molecule is c1ccc2oc(-c3ccc(N(c4ccc(-c5ccc6c(c5)oc5cnncc56)cc4)c4ccc(-c5nc6ccccc6o5)cc4)cc3)nc2c1. The second-order valence-corrected chi connectivity index (χ2v) is 12.0. The van der Waals surface area contributed by atoms with Gasteiger partial charge >= 0.3 is 0 Å². The molecule has 0 saturated carbocycles. The van der Waals surface area contributed by atoms with Crippen molar-refractivity contribution in [3.63, 3.8) is 0 Å². The third kappa shape index (κ3) is 4.78. The molecule has 50 heavy (non-hydrogen) atoms. The second kappa shape index (κ2) is 11.3. The first kappa shape index (κ1) is 28.0. The molecule has 6 aromatic carbocycles. The van der Waals surface area contributed by atoms with Gasteiger partial charge in [0, 0.05) is 33.6 Å². The molecule has 0 saturated heterocycles. The molecular formula is C42H25N5O3. The Kier molecular flexibility index (Phi) is 6.32. The van der Waals surface area contributed by atoms with E-state index in [9.17, 15) is 0 Å². The number of hydrogen-bond donors (Lipinski definition) is 0. The van der Waals surface area contributed by atoms with E-state index >= 15 is 0 Å². The van der Waals surface area contributed by atoms with Crippen LogP contribution in [-0.2, 0) is 0 Å². The van der Waals surface area contributed by atoms with E-state index in [1.807, 2.05) is 72.8 Å². The highest BCUT2D eigenvalue weighted by atomic mass is 16.4. The normalized spacial score (nSPS) is 11.6. The monoisotopic (exact) mass is 647 g/mol. The number of aromatic nitrogens is 4. The van der Waals surface area contributed by atoms with E-state index in [4.69, 9.17) is 13.3 Å². The molecule has 0 aliphatic rings. The first-order valence-corrected chi connectivity index (χ1v) is 16.2. The summed E-state index contributed by atoms with van der Waals surface area (Å²) in [5, 5.41) is 9.95. The predicted octanol–water partition coefficient (Wildman–Crippen LogP) is 11.1. The minimum Gasteiger partial charge on any atom is -0.454 e. The van der Waals surface area contributed by atoms with Crippen LogP contribution in [-0.4, -0.2) is 20.2 Å². The summed E-state index contributed by atoms with van der Waals surface area (Å²) < 4.78 is 18.2. The van der Waals surface area contributed by atoms with Crippen LogP contribution in [0.4, 0.5) is 17.1 Å². The van der Waals surface area contributed by atoms with Crippen LogP contribution in [0.3, 0.4) is 0 Å². The highest BCUT2D eigenvalue weighted by Crippen LogP contribution is 2.39. The summed E-state index contributed by atoms with van der Waals surface area (Å²) >= 11 is 0. The maximum atomic E-state index is 6.08. The van der Waals surface area contributed by atoms with Crippen LogP contribution in [0, 0.1) is 0 Å². The minimum absolute atomic E-state index is 0.588. The predicted molar refractivity (Wildman–Crippen MR) is 195 cm³/mol. The van der Waals surface area contributed by atoms with Gasteiger partial charge in [-0.25, -0.2) is 9.97 Å². The Hall–Kier alpha value is -7.06. The highest BCUT2D eigenvalue weighted by Gasteiger charge is 2.17. The van der Waals surface area contributed by atoms with E-state index in [1.54, 1.807) is 12.4 Å². The van der Waals surface area contributed by atoms with Crippen molar-refractivity contribution < 1.29 is 13.3 Å². The van der Waals surface area contributed by atoms with Crippen molar-refractivity contribution in [3.8, 4) is 34.0 Å². The molecular weight excluding hydrogens is 622 g/mol. The standard InChI is InChI=1S/C42H25N5O3/c1-3-7-37-35(5-1)45-41(49-37)27-11-18-31(19-12-27)47(32-20-13-28(14-21-32)42-46-36-6-2-4-8-38(36)50-42)30-16-9-26(10-17-30)29-15-22-33-34-24-43-44-25-40(34)48-39(33)23-29/h1-25H. The highest BCUT2D eigenvalue weighted by molar-refractivity contribution is 6.05. The first-order valence-electron chi connectivity index (χ1n) is 16.2. The lowest BCUT2D eigenvalue weighted by atomic mass is 10.0. The lowest BCUT2D eigenvalue weighted by Gasteiger charge is -2.26. The van der Waals surface area contributed by atoms with Gasteiger partial charge in [-0.1, -0.05) is 42.5 Å². The maximum absolute atomic E-state index is 6.08. The Morgan fingerprint density at radius 3 is 1.44 bits per heavy atom. The molecule has 4 aromatic heterocycles. The summed E-state index contributed by atoms with van der Waals surface area (Å²) in [4.78, 5) is 11.6. The van der Waals surface area contributed by atoms with E-state index < -0.39 is 0 Å². The molecule has 236 valence electrons. The number of furan rings is 1. The fourth-order valence-corrected chi connectivity index (χ4v) is 6.47. The summed E-state index contributed by atoms with van der Waals surface area (Å²) in [5.41, 5.74) is 11.6. The third-order valence-corrected chi connectivity index (χ3v) is 8.98. The van der Waals surface area contributed by atoms with Gasteiger partial charge in [0.2, 0.25) is 11.8 Å². The van der Waals surface area contributed by atoms with Crippen LogP contribution in [0.15, 0.2) is 165 Å². The van der Waals surface area contributed by atoms with E-state index in [2.05, 4.69) is 91.8 Å². The summed E-state index contributed by atoms with van der Waals surface area (Å²) in [5.74, 6) is 1.18. The van der Waals surface area contributed by atoms with Crippen molar-refractivity contribution in [2.45, 2.75) is 0 Å². The topological polar surface area (TPSA) is 94.2 Å². The fourth-order valence-electron chi connectivity index (χ4n) is 6.47. The number of oxazole rings is 2. The van der Waals surface area contributed by atoms with Crippen LogP contribution in [0.25, 0.3) is 78.2 Å². The minimum atomic E-state index is 0.588. The molecule has 0 atom stereocenters. The molecule has 8 nitrogen and oxygen atoms in total. The number of benzene rings is 6. The Labute approximate surface area is 284 Å². The Bertz CT molecular complexity index is 2630. The fraction of sp³-hybridized carbons (Fsp3) is 0. The maximum Gasteiger partial charge on any atom is 0.227 e. The zero-order chi connectivity index (χ0) is 33.0. The molecule has 0 fully saturated rings. The average Bonchev–Trinajstić information content (AvgIpc) is 3.91. The van der Waals surface area contributed by atoms with Gasteiger partial charge in [-0.2, -0.15) is 10.2 Å². The van der Waals surface area contributed by atoms with Crippen LogP contribution in [0.5, 0.6) is 0 Å². The molecule has 0 unspecified atom stereocenters. The smallest absolute Gasteiger partial charge is 0.227 e. The van der Waals surface area contributed by atoms with Gasteiger partial charge < -0.3 is 18.2 Å². The van der Waals surface area contributed by atoms with Crippen molar-refractivity contribution in [2.24, 2.45) is 0 Å². The molecule has 0 spiro atoms. The zero-order valence-electron chi connectivity index (χ0n) is 26.4. The van der Waals surface area contributed by atoms with Crippen LogP contribution >= 0.6 is 0 Å². The molecule has 0 aliphatic heterocycles. The van der Waals surface area contributed by atoms with Crippen molar-refractivity contribution >= 4 is 61.2 Å². The number of fused-ring (bicyclic) bond motifs is 5. The Balaban J connectivity index is 1.02. The van der Waals surface area contributed by atoms with Gasteiger partial charge in [0.15, 0.2) is 16.7 Å². The van der Waals surface area contributed by atoms with Crippen LogP contribution in [0.1, 0.15) is 0 Å². The van der Waals surface area contributed by atoms with Crippen molar-refractivity contribution in [3.05, 3.63) is 152 Å². The van der Waals surface area contributed by atoms with E-state index in [-0.39, 0.29) is 0 Å². The summed E-state index contributed by atoms with van der Waals surface area (Å²) in [6, 6.07) is 46.9. The van der Waals surface area contributed by atoms with Gasteiger partial charge in [0.1, 0.15) is 16.6 Å². The summed E-state index contributed by atoms with van der Waals surface area (Å²) in [6.45, 7) is 0. The number of para-hydroxylation sites is 4. The number of nitrogens with zero attached hydrogens (tertiary/aromatic N) is 5. The molecule has 0 bridgehead atoms. The zero-order valence-corrected chi connectivity index (χ0v) is 26.4. The van der Waals surface area contributed by atoms with Crippen molar-refractivity contribution in [1.29, 1.82) is 0 Å². The molecule has 4 heterocycles. The van der Waals surface area contributed by atoms with Gasteiger partial charge in [0.25, 0.3) is 0 Å². The van der Waals surface area contributed by atoms with E-state index in [0.717, 1.165) is 83.5 Å². The van der Waals surface area contributed by atoms with Gasteiger partial charge in [-0.3, -0.25) is 0 Å². The van der Waals surface area contributed by atoms with E-state index in [0.29, 0.717) is 11.8 Å². The number of anilines is 3. The van der Waals surface area contributed by atoms with Crippen LogP contribution < -0.4 is 4.90 Å². The Morgan fingerprint density at radius 1 is 0.380 bits per heavy atom. The Morgan fingerprint density at radius 2 is 0.880 bits per heavy atom. The van der Waals surface area contributed by atoms with Crippen molar-refractivity contribution in [1.82, 2.24) is 20.2 Å². The molecule has 10 rings (SSSR count). The third-order valence-electron chi connectivity index (χ3n) is 8.98. The summed E-state index contributed by atoms with van der Waals surface area (Å²) in [7, 11) is 0. The van der Waals surface area contributed by atoms with E-state index in [1.165, 1.54) is 0 Å². The van der Waals surface area contributed by atoms with Gasteiger partial charge in [-0.05, 0) is 108 Å². The molecule has 0 radical (unpaired) electrons. The number of hydrogen-bond acceptors (Lipinski definition) is 8. The second-order valence-electron chi connectivity index (χ2n) is 12.0. The molecule has 8 heteroatoms. The quantitative estimate of drug-likeness (QED) is 0.176. The van der Waals surface area contributed by atoms with Crippen LogP contribution in [0.2, 0.25) is 0 Å². The van der Waals surface area contributed by atoms with Crippen molar-refractivity contribution in [2.75, 3.05) is 4.90 Å². The number of rotatable bonds is 6. The van der Waals surface area contributed by atoms with Gasteiger partial charge in [0.05, 0.1) is 17.8 Å². The lowest BCUT2D eigenvalue weighted by Crippen LogP contribution is -2.09. The largest absolute Gasteiger partial charge is 0.454 e. The summed E-state index contributed by atoms with van der Waals surface area (Å²) in [6.07, 6.45) is 3.39. The lowest BCUT2D eigenvalue weighted by molar-refractivity contribution is 0.619.